The normalized spacial score (nSPS) is 15.3. The van der Waals surface area contributed by atoms with Crippen LogP contribution in [0.15, 0.2) is 36.7 Å². The van der Waals surface area contributed by atoms with Crippen molar-refractivity contribution in [3.63, 3.8) is 0 Å². The van der Waals surface area contributed by atoms with E-state index in [-0.39, 0.29) is 11.4 Å². The topological polar surface area (TPSA) is 84.4 Å². The highest BCUT2D eigenvalue weighted by molar-refractivity contribution is 7.91. The van der Waals surface area contributed by atoms with E-state index in [1.54, 1.807) is 6.07 Å². The minimum Gasteiger partial charge on any atom is -0.378 e. The van der Waals surface area contributed by atoms with Crippen LogP contribution in [0.1, 0.15) is 5.56 Å². The number of hydrogen-bond acceptors (Lipinski definition) is 6. The highest BCUT2D eigenvalue weighted by Gasteiger charge is 2.15. The predicted molar refractivity (Wildman–Crippen MR) is 87.7 cm³/mol. The summed E-state index contributed by atoms with van der Waals surface area (Å²) in [6.45, 7) is 2.63. The van der Waals surface area contributed by atoms with Crippen molar-refractivity contribution in [3.8, 4) is 0 Å². The van der Waals surface area contributed by atoms with E-state index in [0.717, 1.165) is 0 Å². The van der Waals surface area contributed by atoms with Gasteiger partial charge in [-0.2, -0.15) is 0 Å². The first-order valence-corrected chi connectivity index (χ1v) is 9.07. The van der Waals surface area contributed by atoms with Crippen LogP contribution < -0.4 is 9.62 Å². The van der Waals surface area contributed by atoms with Gasteiger partial charge in [0.1, 0.15) is 5.82 Å². The number of aromatic nitrogens is 2. The zero-order valence-corrected chi connectivity index (χ0v) is 13.7. The molecule has 2 heterocycles. The number of rotatable bonds is 5. The van der Waals surface area contributed by atoms with Crippen LogP contribution in [0.25, 0.3) is 0 Å². The summed E-state index contributed by atoms with van der Waals surface area (Å²) in [5.41, 5.74) is 0.636. The van der Waals surface area contributed by atoms with Crippen molar-refractivity contribution in [2.75, 3.05) is 35.9 Å². The molecule has 1 aromatic heterocycles. The number of hydrogen-bond donors (Lipinski definition) is 1. The molecule has 0 radical (unpaired) electrons. The highest BCUT2D eigenvalue weighted by atomic mass is 32.2. The fourth-order valence-electron chi connectivity index (χ4n) is 2.36. The smallest absolute Gasteiger partial charge is 0.237 e. The predicted octanol–water partition coefficient (Wildman–Crippen LogP) is 1.39. The van der Waals surface area contributed by atoms with Crippen molar-refractivity contribution < 1.29 is 17.5 Å². The van der Waals surface area contributed by atoms with Gasteiger partial charge in [0.2, 0.25) is 16.0 Å². The molecule has 0 spiro atoms. The highest BCUT2D eigenvalue weighted by Crippen LogP contribution is 2.15. The quantitative estimate of drug-likeness (QED) is 0.875. The van der Waals surface area contributed by atoms with E-state index in [4.69, 9.17) is 4.74 Å². The van der Waals surface area contributed by atoms with E-state index < -0.39 is 15.8 Å². The molecule has 24 heavy (non-hydrogen) atoms. The van der Waals surface area contributed by atoms with E-state index >= 15 is 0 Å². The van der Waals surface area contributed by atoms with Crippen molar-refractivity contribution in [3.05, 3.63) is 48.0 Å². The Kier molecular flexibility index (Phi) is 4.91. The molecule has 9 heteroatoms. The molecule has 1 fully saturated rings. The Morgan fingerprint density at radius 2 is 1.92 bits per heavy atom. The van der Waals surface area contributed by atoms with Gasteiger partial charge in [0.15, 0.2) is 0 Å². The van der Waals surface area contributed by atoms with Crippen molar-refractivity contribution in [1.29, 1.82) is 0 Å². The van der Waals surface area contributed by atoms with E-state index in [1.807, 2.05) is 4.90 Å². The molecule has 1 N–H and O–H groups in total. The molecule has 1 aromatic carbocycles. The van der Waals surface area contributed by atoms with Crippen LogP contribution in [0.5, 0.6) is 0 Å². The van der Waals surface area contributed by atoms with Gasteiger partial charge in [-0.25, -0.2) is 22.8 Å². The molecule has 0 atom stereocenters. The number of ether oxygens (including phenoxy) is 1. The molecule has 7 nitrogen and oxygen atoms in total. The zero-order chi connectivity index (χ0) is 17.0. The molecule has 1 saturated heterocycles. The Bertz CT molecular complexity index is 793. The third-order valence-corrected chi connectivity index (χ3v) is 4.71. The van der Waals surface area contributed by atoms with Gasteiger partial charge in [-0.15, -0.1) is 0 Å². The summed E-state index contributed by atoms with van der Waals surface area (Å²) in [5, 5.41) is 0. The SMILES string of the molecule is O=S(=O)(Cc1cccc(F)c1)Nc1cnc(N2CCOCC2)nc1. The first-order valence-electron chi connectivity index (χ1n) is 7.41. The lowest BCUT2D eigenvalue weighted by molar-refractivity contribution is 0.122. The van der Waals surface area contributed by atoms with E-state index in [9.17, 15) is 12.8 Å². The second kappa shape index (κ2) is 7.10. The Morgan fingerprint density at radius 1 is 1.21 bits per heavy atom. The van der Waals surface area contributed by atoms with Crippen LogP contribution in [-0.4, -0.2) is 44.7 Å². The summed E-state index contributed by atoms with van der Waals surface area (Å²) in [4.78, 5) is 10.3. The van der Waals surface area contributed by atoms with Crippen molar-refractivity contribution in [2.24, 2.45) is 0 Å². The molecule has 0 amide bonds. The first-order chi connectivity index (χ1) is 11.5. The van der Waals surface area contributed by atoms with Crippen molar-refractivity contribution in [1.82, 2.24) is 9.97 Å². The summed E-state index contributed by atoms with van der Waals surface area (Å²) in [6, 6.07) is 5.49. The Labute approximate surface area is 139 Å². The monoisotopic (exact) mass is 352 g/mol. The number of nitrogens with one attached hydrogen (secondary N) is 1. The lowest BCUT2D eigenvalue weighted by Crippen LogP contribution is -2.37. The first kappa shape index (κ1) is 16.6. The third kappa shape index (κ3) is 4.39. The number of anilines is 2. The van der Waals surface area contributed by atoms with Gasteiger partial charge in [-0.3, -0.25) is 4.72 Å². The fourth-order valence-corrected chi connectivity index (χ4v) is 3.52. The third-order valence-electron chi connectivity index (χ3n) is 3.45. The number of nitrogens with zero attached hydrogens (tertiary/aromatic N) is 3. The Hall–Kier alpha value is -2.26. The molecule has 1 aliphatic rings. The minimum atomic E-state index is -3.67. The maximum atomic E-state index is 13.1. The van der Waals surface area contributed by atoms with Crippen LogP contribution in [0.4, 0.5) is 16.0 Å². The average molecular weight is 352 g/mol. The number of sulfonamides is 1. The van der Waals surface area contributed by atoms with Gasteiger partial charge in [0.25, 0.3) is 0 Å². The molecule has 128 valence electrons. The average Bonchev–Trinajstić information content (AvgIpc) is 2.55. The molecule has 1 aliphatic heterocycles. The molecule has 0 saturated carbocycles. The standard InChI is InChI=1S/C15H17FN4O3S/c16-13-3-1-2-12(8-13)11-24(21,22)19-14-9-17-15(18-10-14)20-4-6-23-7-5-20/h1-3,8-10,19H,4-7,11H2. The molecule has 3 rings (SSSR count). The van der Waals surface area contributed by atoms with Crippen LogP contribution in [0.2, 0.25) is 0 Å². The zero-order valence-electron chi connectivity index (χ0n) is 12.9. The Morgan fingerprint density at radius 3 is 2.58 bits per heavy atom. The maximum Gasteiger partial charge on any atom is 0.237 e. The van der Waals surface area contributed by atoms with Gasteiger partial charge in [-0.05, 0) is 17.7 Å². The number of morpholine rings is 1. The summed E-state index contributed by atoms with van der Waals surface area (Å²) < 4.78 is 45.1. The Balaban J connectivity index is 1.66. The van der Waals surface area contributed by atoms with E-state index in [1.165, 1.54) is 30.6 Å². The minimum absolute atomic E-state index is 0.267. The summed E-state index contributed by atoms with van der Waals surface area (Å²) in [7, 11) is -3.67. The second-order valence-corrected chi connectivity index (χ2v) is 7.08. The lowest BCUT2D eigenvalue weighted by atomic mass is 10.2. The van der Waals surface area contributed by atoms with Crippen LogP contribution in [-0.2, 0) is 20.5 Å². The van der Waals surface area contributed by atoms with Gasteiger partial charge >= 0.3 is 0 Å². The fraction of sp³-hybridized carbons (Fsp3) is 0.333. The van der Waals surface area contributed by atoms with E-state index in [2.05, 4.69) is 14.7 Å². The molecular weight excluding hydrogens is 335 g/mol. The van der Waals surface area contributed by atoms with Crippen LogP contribution >= 0.6 is 0 Å². The number of benzene rings is 1. The van der Waals surface area contributed by atoms with Gasteiger partial charge in [-0.1, -0.05) is 12.1 Å². The number of halogens is 1. The maximum absolute atomic E-state index is 13.1. The van der Waals surface area contributed by atoms with Crippen molar-refractivity contribution >= 4 is 21.7 Å². The van der Waals surface area contributed by atoms with Crippen LogP contribution in [0, 0.1) is 5.82 Å². The summed E-state index contributed by atoms with van der Waals surface area (Å²) in [6.07, 6.45) is 2.84. The second-order valence-electron chi connectivity index (χ2n) is 5.36. The molecule has 0 aliphatic carbocycles. The van der Waals surface area contributed by atoms with Crippen molar-refractivity contribution in [2.45, 2.75) is 5.75 Å². The molecule has 2 aromatic rings. The summed E-state index contributed by atoms with van der Waals surface area (Å²) >= 11 is 0. The van der Waals surface area contributed by atoms with Gasteiger partial charge in [0, 0.05) is 13.1 Å². The molecule has 0 bridgehead atoms. The lowest BCUT2D eigenvalue weighted by Gasteiger charge is -2.26. The van der Waals surface area contributed by atoms with Gasteiger partial charge in [0.05, 0.1) is 37.0 Å². The van der Waals surface area contributed by atoms with Gasteiger partial charge < -0.3 is 9.64 Å². The largest absolute Gasteiger partial charge is 0.378 e. The molecule has 0 unspecified atom stereocenters. The summed E-state index contributed by atoms with van der Waals surface area (Å²) in [5.74, 6) is -0.261. The van der Waals surface area contributed by atoms with Crippen LogP contribution in [0.3, 0.4) is 0 Å². The van der Waals surface area contributed by atoms with E-state index in [0.29, 0.717) is 37.8 Å². The molecular formula is C15H17FN4O3S.